The van der Waals surface area contributed by atoms with Crippen LogP contribution < -0.4 is 10.6 Å². The third-order valence-electron chi connectivity index (χ3n) is 3.58. The van der Waals surface area contributed by atoms with Gasteiger partial charge in [-0.1, -0.05) is 37.3 Å². The fourth-order valence-corrected chi connectivity index (χ4v) is 1.70. The normalized spacial score (nSPS) is 14.9. The van der Waals surface area contributed by atoms with Gasteiger partial charge in [0, 0.05) is 6.54 Å². The number of rotatable bonds is 6. The summed E-state index contributed by atoms with van der Waals surface area (Å²) in [5.74, 6) is -0.906. The van der Waals surface area contributed by atoms with Crippen LogP contribution in [0.25, 0.3) is 0 Å². The van der Waals surface area contributed by atoms with Crippen LogP contribution >= 0.6 is 0 Å². The first-order valence-corrected chi connectivity index (χ1v) is 6.72. The van der Waals surface area contributed by atoms with Crippen molar-refractivity contribution in [2.75, 3.05) is 6.54 Å². The van der Waals surface area contributed by atoms with Crippen LogP contribution in [0.4, 0.5) is 4.79 Å². The van der Waals surface area contributed by atoms with Gasteiger partial charge >= 0.3 is 12.0 Å². The Morgan fingerprint density at radius 3 is 2.40 bits per heavy atom. The minimum absolute atomic E-state index is 0.103. The van der Waals surface area contributed by atoms with Gasteiger partial charge in [-0.3, -0.25) is 4.79 Å². The van der Waals surface area contributed by atoms with Gasteiger partial charge in [0.2, 0.25) is 0 Å². The summed E-state index contributed by atoms with van der Waals surface area (Å²) < 4.78 is 0. The molecule has 2 atom stereocenters. The van der Waals surface area contributed by atoms with Crippen LogP contribution in [0.2, 0.25) is 0 Å². The first-order chi connectivity index (χ1) is 9.39. The number of urea groups is 1. The molecule has 3 N–H and O–H groups in total. The highest BCUT2D eigenvalue weighted by Gasteiger charge is 2.31. The molecule has 0 heterocycles. The quantitative estimate of drug-likeness (QED) is 0.748. The summed E-state index contributed by atoms with van der Waals surface area (Å²) in [6, 6.07) is 9.09. The predicted octanol–water partition coefficient (Wildman–Crippen LogP) is 2.55. The van der Waals surface area contributed by atoms with E-state index in [0.717, 1.165) is 5.56 Å². The van der Waals surface area contributed by atoms with Crippen molar-refractivity contribution in [1.29, 1.82) is 0 Å². The lowest BCUT2D eigenvalue weighted by Crippen LogP contribution is -2.45. The zero-order valence-electron chi connectivity index (χ0n) is 12.1. The lowest BCUT2D eigenvalue weighted by Gasteiger charge is -2.24. The summed E-state index contributed by atoms with van der Waals surface area (Å²) in [6.45, 7) is 5.40. The highest BCUT2D eigenvalue weighted by Crippen LogP contribution is 2.19. The van der Waals surface area contributed by atoms with Gasteiger partial charge in [-0.15, -0.1) is 0 Å². The van der Waals surface area contributed by atoms with Gasteiger partial charge in [0.15, 0.2) is 0 Å². The number of benzene rings is 1. The van der Waals surface area contributed by atoms with E-state index in [4.69, 9.17) is 5.11 Å². The van der Waals surface area contributed by atoms with Gasteiger partial charge in [0.05, 0.1) is 11.5 Å². The van der Waals surface area contributed by atoms with E-state index in [1.54, 1.807) is 13.8 Å². The molecule has 0 spiro atoms. The lowest BCUT2D eigenvalue weighted by molar-refractivity contribution is -0.147. The van der Waals surface area contributed by atoms with Gasteiger partial charge in [-0.2, -0.15) is 0 Å². The van der Waals surface area contributed by atoms with Gasteiger partial charge in [-0.25, -0.2) is 4.79 Å². The van der Waals surface area contributed by atoms with E-state index >= 15 is 0 Å². The number of carboxylic acids is 1. The molecule has 0 bridgehead atoms. The van der Waals surface area contributed by atoms with Crippen molar-refractivity contribution in [3.05, 3.63) is 35.9 Å². The first-order valence-electron chi connectivity index (χ1n) is 6.72. The number of carbonyl (C=O) groups excluding carboxylic acids is 1. The van der Waals surface area contributed by atoms with Gasteiger partial charge in [0.1, 0.15) is 0 Å². The third-order valence-corrected chi connectivity index (χ3v) is 3.58. The van der Waals surface area contributed by atoms with Crippen LogP contribution in [0.1, 0.15) is 38.8 Å². The third kappa shape index (κ3) is 4.26. The molecule has 5 nitrogen and oxygen atoms in total. The minimum atomic E-state index is -0.937. The number of carbonyl (C=O) groups is 2. The average Bonchev–Trinajstić information content (AvgIpc) is 2.45. The topological polar surface area (TPSA) is 78.4 Å². The van der Waals surface area contributed by atoms with Gasteiger partial charge in [-0.05, 0) is 25.8 Å². The smallest absolute Gasteiger partial charge is 0.315 e. The van der Waals surface area contributed by atoms with Crippen LogP contribution in [0.5, 0.6) is 0 Å². The molecule has 0 aromatic heterocycles. The number of hydrogen-bond donors (Lipinski definition) is 3. The van der Waals surface area contributed by atoms with Crippen molar-refractivity contribution in [2.24, 2.45) is 5.41 Å². The molecule has 2 amide bonds. The van der Waals surface area contributed by atoms with E-state index in [0.29, 0.717) is 6.42 Å². The lowest BCUT2D eigenvalue weighted by atomic mass is 9.88. The molecule has 0 aliphatic carbocycles. The van der Waals surface area contributed by atoms with Crippen molar-refractivity contribution < 1.29 is 14.7 Å². The highest BCUT2D eigenvalue weighted by atomic mass is 16.4. The van der Waals surface area contributed by atoms with E-state index < -0.39 is 11.4 Å². The minimum Gasteiger partial charge on any atom is -0.481 e. The molecule has 0 fully saturated rings. The number of amides is 2. The molecule has 110 valence electrons. The molecule has 5 heteroatoms. The summed E-state index contributed by atoms with van der Waals surface area (Å²) in [6.07, 6.45) is 0.455. The molecule has 0 aliphatic rings. The Balaban J connectivity index is 2.50. The molecule has 20 heavy (non-hydrogen) atoms. The Morgan fingerprint density at radius 1 is 1.30 bits per heavy atom. The van der Waals surface area contributed by atoms with Crippen LogP contribution in [0.3, 0.4) is 0 Å². The zero-order chi connectivity index (χ0) is 15.2. The van der Waals surface area contributed by atoms with Gasteiger partial charge < -0.3 is 15.7 Å². The molecule has 2 unspecified atom stereocenters. The fourth-order valence-electron chi connectivity index (χ4n) is 1.70. The first kappa shape index (κ1) is 16.0. The number of aliphatic carboxylic acids is 1. The zero-order valence-corrected chi connectivity index (χ0v) is 12.1. The SMILES string of the molecule is CCC(C)(CNC(=O)NC(C)c1ccccc1)C(=O)O. The Labute approximate surface area is 119 Å². The van der Waals surface area contributed by atoms with Crippen LogP contribution in [-0.2, 0) is 4.79 Å². The highest BCUT2D eigenvalue weighted by molar-refractivity contribution is 5.78. The molecule has 1 aromatic rings. The van der Waals surface area contributed by atoms with Crippen molar-refractivity contribution >= 4 is 12.0 Å². The van der Waals surface area contributed by atoms with Gasteiger partial charge in [0.25, 0.3) is 0 Å². The standard InChI is InChI=1S/C15H22N2O3/c1-4-15(3,13(18)19)10-16-14(20)17-11(2)12-8-6-5-7-9-12/h5-9,11H,4,10H2,1-3H3,(H,18,19)(H2,16,17,20). The second kappa shape index (κ2) is 6.93. The van der Waals surface area contributed by atoms with Crippen molar-refractivity contribution in [3.8, 4) is 0 Å². The fraction of sp³-hybridized carbons (Fsp3) is 0.467. The van der Waals surface area contributed by atoms with Crippen LogP contribution in [-0.4, -0.2) is 23.7 Å². The molecule has 1 aromatic carbocycles. The molecule has 0 aliphatic heterocycles. The van der Waals surface area contributed by atoms with E-state index in [2.05, 4.69) is 10.6 Å². The summed E-state index contributed by atoms with van der Waals surface area (Å²) in [7, 11) is 0. The predicted molar refractivity (Wildman–Crippen MR) is 77.4 cm³/mol. The number of nitrogens with one attached hydrogen (secondary N) is 2. The molecular formula is C15H22N2O3. The number of carboxylic acid groups (broad SMARTS) is 1. The summed E-state index contributed by atoms with van der Waals surface area (Å²) in [5.41, 5.74) is 0.0620. The maximum atomic E-state index is 11.8. The summed E-state index contributed by atoms with van der Waals surface area (Å²) in [4.78, 5) is 22.9. The Morgan fingerprint density at radius 2 is 1.90 bits per heavy atom. The number of hydrogen-bond acceptors (Lipinski definition) is 2. The Hall–Kier alpha value is -2.04. The van der Waals surface area contributed by atoms with E-state index in [9.17, 15) is 9.59 Å². The Bertz CT molecular complexity index is 461. The van der Waals surface area contributed by atoms with E-state index in [1.807, 2.05) is 37.3 Å². The van der Waals surface area contributed by atoms with E-state index in [-0.39, 0.29) is 18.6 Å². The van der Waals surface area contributed by atoms with Crippen molar-refractivity contribution in [2.45, 2.75) is 33.2 Å². The maximum Gasteiger partial charge on any atom is 0.315 e. The molecule has 0 saturated heterocycles. The monoisotopic (exact) mass is 278 g/mol. The molecule has 0 saturated carbocycles. The Kier molecular flexibility index (Phi) is 5.55. The molecular weight excluding hydrogens is 256 g/mol. The van der Waals surface area contributed by atoms with Crippen LogP contribution in [0, 0.1) is 5.41 Å². The van der Waals surface area contributed by atoms with Crippen LogP contribution in [0.15, 0.2) is 30.3 Å². The molecule has 1 rings (SSSR count). The van der Waals surface area contributed by atoms with Crippen molar-refractivity contribution in [1.82, 2.24) is 10.6 Å². The summed E-state index contributed by atoms with van der Waals surface area (Å²) >= 11 is 0. The largest absolute Gasteiger partial charge is 0.481 e. The average molecular weight is 278 g/mol. The summed E-state index contributed by atoms with van der Waals surface area (Å²) in [5, 5.41) is 14.5. The van der Waals surface area contributed by atoms with Crippen molar-refractivity contribution in [3.63, 3.8) is 0 Å². The maximum absolute atomic E-state index is 11.8. The van der Waals surface area contributed by atoms with E-state index in [1.165, 1.54) is 0 Å². The molecule has 0 radical (unpaired) electrons. The second-order valence-electron chi connectivity index (χ2n) is 5.18. The second-order valence-corrected chi connectivity index (χ2v) is 5.18.